The van der Waals surface area contributed by atoms with E-state index in [4.69, 9.17) is 14.2 Å². The lowest BCUT2D eigenvalue weighted by Gasteiger charge is -2.34. The summed E-state index contributed by atoms with van der Waals surface area (Å²) >= 11 is 0. The topological polar surface area (TPSA) is 80.3 Å². The van der Waals surface area contributed by atoms with Crippen LogP contribution in [0.15, 0.2) is 24.3 Å². The standard InChI is InChI=1S/C18H23N3O5/c22-17(20-6-2-3-13(12-20)16-24-9-10-25-16)19-14-4-1-5-15(11-14)21-7-8-26-18(21)23/h1,4-5,11,13,16H,2-3,6-10,12H2,(H,19,22). The Bertz CT molecular complexity index is 677. The Hall–Kier alpha value is -2.32. The van der Waals surface area contributed by atoms with E-state index in [2.05, 4.69) is 5.32 Å². The minimum atomic E-state index is -0.357. The van der Waals surface area contributed by atoms with E-state index in [1.807, 2.05) is 18.2 Å². The van der Waals surface area contributed by atoms with Gasteiger partial charge in [0.15, 0.2) is 6.29 Å². The molecule has 0 radical (unpaired) electrons. The lowest BCUT2D eigenvalue weighted by molar-refractivity contribution is -0.0959. The van der Waals surface area contributed by atoms with Gasteiger partial charge in [0.1, 0.15) is 6.61 Å². The number of benzene rings is 1. The fourth-order valence-corrected chi connectivity index (χ4v) is 3.65. The second kappa shape index (κ2) is 7.51. The maximum Gasteiger partial charge on any atom is 0.414 e. The van der Waals surface area contributed by atoms with Gasteiger partial charge in [0.2, 0.25) is 0 Å². The number of nitrogens with one attached hydrogen (secondary N) is 1. The van der Waals surface area contributed by atoms with Crippen LogP contribution in [0.3, 0.4) is 0 Å². The van der Waals surface area contributed by atoms with Crippen LogP contribution in [0.5, 0.6) is 0 Å². The lowest BCUT2D eigenvalue weighted by Crippen LogP contribution is -2.45. The zero-order chi connectivity index (χ0) is 17.9. The first-order valence-electron chi connectivity index (χ1n) is 9.04. The second-order valence-corrected chi connectivity index (χ2v) is 6.70. The molecule has 8 nitrogen and oxygen atoms in total. The van der Waals surface area contributed by atoms with Crippen molar-refractivity contribution in [3.05, 3.63) is 24.3 Å². The molecule has 1 aromatic carbocycles. The van der Waals surface area contributed by atoms with Gasteiger partial charge in [0.05, 0.1) is 19.8 Å². The van der Waals surface area contributed by atoms with Gasteiger partial charge in [-0.05, 0) is 31.0 Å². The quantitative estimate of drug-likeness (QED) is 0.893. The number of amides is 3. The minimum Gasteiger partial charge on any atom is -0.447 e. The van der Waals surface area contributed by atoms with Crippen molar-refractivity contribution >= 4 is 23.5 Å². The van der Waals surface area contributed by atoms with Gasteiger partial charge in [0, 0.05) is 30.4 Å². The van der Waals surface area contributed by atoms with Crippen LogP contribution < -0.4 is 10.2 Å². The summed E-state index contributed by atoms with van der Waals surface area (Å²) in [7, 11) is 0. The molecule has 3 fully saturated rings. The highest BCUT2D eigenvalue weighted by atomic mass is 16.7. The van der Waals surface area contributed by atoms with E-state index in [9.17, 15) is 9.59 Å². The summed E-state index contributed by atoms with van der Waals surface area (Å²) in [5, 5.41) is 2.93. The molecule has 0 aromatic heterocycles. The Balaban J connectivity index is 1.39. The summed E-state index contributed by atoms with van der Waals surface area (Å²) in [6.45, 7) is 3.49. The molecule has 3 aliphatic rings. The van der Waals surface area contributed by atoms with Crippen LogP contribution in [0.4, 0.5) is 21.0 Å². The van der Waals surface area contributed by atoms with Crippen molar-refractivity contribution in [2.75, 3.05) is 49.7 Å². The average molecular weight is 361 g/mol. The number of hydrogen-bond acceptors (Lipinski definition) is 5. The Morgan fingerprint density at radius 2 is 2.00 bits per heavy atom. The molecular weight excluding hydrogens is 338 g/mol. The maximum absolute atomic E-state index is 12.7. The van der Waals surface area contributed by atoms with E-state index >= 15 is 0 Å². The van der Waals surface area contributed by atoms with Gasteiger partial charge in [-0.2, -0.15) is 0 Å². The van der Waals surface area contributed by atoms with E-state index in [0.717, 1.165) is 18.5 Å². The van der Waals surface area contributed by atoms with Crippen molar-refractivity contribution in [2.45, 2.75) is 19.1 Å². The Morgan fingerprint density at radius 1 is 1.15 bits per heavy atom. The molecule has 3 saturated heterocycles. The number of carbonyl (C=O) groups is 2. The smallest absolute Gasteiger partial charge is 0.414 e. The van der Waals surface area contributed by atoms with E-state index in [-0.39, 0.29) is 24.3 Å². The molecule has 0 saturated carbocycles. The lowest BCUT2D eigenvalue weighted by atomic mass is 9.98. The Morgan fingerprint density at radius 3 is 2.77 bits per heavy atom. The molecule has 1 N–H and O–H groups in total. The molecule has 0 aliphatic carbocycles. The largest absolute Gasteiger partial charge is 0.447 e. The van der Waals surface area contributed by atoms with Crippen LogP contribution in [0, 0.1) is 5.92 Å². The Kier molecular flexibility index (Phi) is 4.94. The van der Waals surface area contributed by atoms with Gasteiger partial charge in [-0.25, -0.2) is 9.59 Å². The first kappa shape index (κ1) is 17.1. The highest BCUT2D eigenvalue weighted by Crippen LogP contribution is 2.26. The number of nitrogens with zero attached hydrogens (tertiary/aromatic N) is 2. The number of urea groups is 1. The number of hydrogen-bond donors (Lipinski definition) is 1. The number of carbonyl (C=O) groups excluding carboxylic acids is 2. The van der Waals surface area contributed by atoms with Crippen molar-refractivity contribution in [2.24, 2.45) is 5.92 Å². The van der Waals surface area contributed by atoms with Crippen LogP contribution in [-0.4, -0.2) is 62.8 Å². The van der Waals surface area contributed by atoms with Gasteiger partial charge < -0.3 is 24.4 Å². The number of rotatable bonds is 3. The molecule has 3 amide bonds. The van der Waals surface area contributed by atoms with E-state index in [0.29, 0.717) is 45.1 Å². The van der Waals surface area contributed by atoms with Crippen molar-refractivity contribution < 1.29 is 23.8 Å². The van der Waals surface area contributed by atoms with Crippen LogP contribution in [0.2, 0.25) is 0 Å². The molecule has 26 heavy (non-hydrogen) atoms. The predicted molar refractivity (Wildman–Crippen MR) is 94.1 cm³/mol. The summed E-state index contributed by atoms with van der Waals surface area (Å²) in [6, 6.07) is 7.10. The minimum absolute atomic E-state index is 0.145. The van der Waals surface area contributed by atoms with Gasteiger partial charge in [-0.15, -0.1) is 0 Å². The van der Waals surface area contributed by atoms with Crippen LogP contribution in [0.25, 0.3) is 0 Å². The van der Waals surface area contributed by atoms with Crippen LogP contribution in [0.1, 0.15) is 12.8 Å². The zero-order valence-corrected chi connectivity index (χ0v) is 14.6. The van der Waals surface area contributed by atoms with Gasteiger partial charge in [0.25, 0.3) is 0 Å². The fraction of sp³-hybridized carbons (Fsp3) is 0.556. The summed E-state index contributed by atoms with van der Waals surface area (Å²) in [5.74, 6) is 0.211. The SMILES string of the molecule is O=C(Nc1cccc(N2CCOC2=O)c1)N1CCCC(C2OCCO2)C1. The first-order chi connectivity index (χ1) is 12.7. The third kappa shape index (κ3) is 3.61. The predicted octanol–water partition coefficient (Wildman–Crippen LogP) is 2.26. The molecule has 0 bridgehead atoms. The van der Waals surface area contributed by atoms with Gasteiger partial charge in [-0.3, -0.25) is 4.90 Å². The van der Waals surface area contributed by atoms with Crippen molar-refractivity contribution in [3.8, 4) is 0 Å². The summed E-state index contributed by atoms with van der Waals surface area (Å²) in [4.78, 5) is 27.7. The number of likely N-dealkylation sites (tertiary alicyclic amines) is 1. The number of piperidine rings is 1. The van der Waals surface area contributed by atoms with Crippen molar-refractivity contribution in [1.82, 2.24) is 4.90 Å². The number of cyclic esters (lactones) is 1. The monoisotopic (exact) mass is 361 g/mol. The molecule has 1 atom stereocenters. The maximum atomic E-state index is 12.7. The van der Waals surface area contributed by atoms with Crippen LogP contribution >= 0.6 is 0 Å². The third-order valence-corrected chi connectivity index (χ3v) is 4.95. The highest BCUT2D eigenvalue weighted by molar-refractivity contribution is 5.93. The average Bonchev–Trinajstić information content (AvgIpc) is 3.34. The molecular formula is C18H23N3O5. The molecule has 3 heterocycles. The van der Waals surface area contributed by atoms with Crippen LogP contribution in [-0.2, 0) is 14.2 Å². The molecule has 1 unspecified atom stereocenters. The normalized spacial score (nSPS) is 24.0. The van der Waals surface area contributed by atoms with E-state index in [1.165, 1.54) is 0 Å². The fourth-order valence-electron chi connectivity index (χ4n) is 3.65. The number of anilines is 2. The number of ether oxygens (including phenoxy) is 3. The van der Waals surface area contributed by atoms with Gasteiger partial charge in [-0.1, -0.05) is 6.07 Å². The van der Waals surface area contributed by atoms with Gasteiger partial charge >= 0.3 is 12.1 Å². The molecule has 8 heteroatoms. The summed E-state index contributed by atoms with van der Waals surface area (Å²) in [6.07, 6.45) is 1.38. The van der Waals surface area contributed by atoms with E-state index in [1.54, 1.807) is 15.9 Å². The summed E-state index contributed by atoms with van der Waals surface area (Å²) in [5.41, 5.74) is 1.37. The molecule has 140 valence electrons. The zero-order valence-electron chi connectivity index (χ0n) is 14.6. The molecule has 4 rings (SSSR count). The second-order valence-electron chi connectivity index (χ2n) is 6.70. The van der Waals surface area contributed by atoms with E-state index < -0.39 is 0 Å². The third-order valence-electron chi connectivity index (χ3n) is 4.95. The molecule has 3 aliphatic heterocycles. The highest BCUT2D eigenvalue weighted by Gasteiger charge is 2.33. The van der Waals surface area contributed by atoms with Crippen molar-refractivity contribution in [3.63, 3.8) is 0 Å². The summed E-state index contributed by atoms with van der Waals surface area (Å²) < 4.78 is 16.1. The first-order valence-corrected chi connectivity index (χ1v) is 9.04. The molecule has 1 aromatic rings. The van der Waals surface area contributed by atoms with Crippen molar-refractivity contribution in [1.29, 1.82) is 0 Å². The molecule has 0 spiro atoms. The Labute approximate surface area is 152 Å².